The van der Waals surface area contributed by atoms with Gasteiger partial charge >= 0.3 is 0 Å². The van der Waals surface area contributed by atoms with Crippen LogP contribution in [-0.2, 0) is 23.1 Å². The molecule has 3 heterocycles. The molecule has 1 aliphatic rings. The lowest BCUT2D eigenvalue weighted by Gasteiger charge is -2.33. The van der Waals surface area contributed by atoms with Gasteiger partial charge in [0.25, 0.3) is 5.91 Å². The standard InChI is InChI=1S/C19H27N5O3/c1-14-20-11-16(13-27-10-9-26-3)18(21-14)15-5-4-7-24(12-15)19(25)17-6-8-23(2)22-17/h6,8,11,15H,4-5,7,9-10,12-13H2,1-3H3. The molecule has 0 bridgehead atoms. The molecule has 0 saturated carbocycles. The number of nitrogens with zero attached hydrogens (tertiary/aromatic N) is 5. The predicted molar refractivity (Wildman–Crippen MR) is 99.4 cm³/mol. The van der Waals surface area contributed by atoms with Gasteiger partial charge in [0.15, 0.2) is 0 Å². The molecule has 27 heavy (non-hydrogen) atoms. The van der Waals surface area contributed by atoms with Gasteiger partial charge in [0, 0.05) is 51.1 Å². The summed E-state index contributed by atoms with van der Waals surface area (Å²) in [6.45, 7) is 4.80. The van der Waals surface area contributed by atoms with Gasteiger partial charge in [-0.3, -0.25) is 9.48 Å². The minimum absolute atomic E-state index is 0.0241. The Kier molecular flexibility index (Phi) is 6.52. The highest BCUT2D eigenvalue weighted by Gasteiger charge is 2.29. The van der Waals surface area contributed by atoms with Crippen molar-refractivity contribution in [3.8, 4) is 0 Å². The zero-order valence-electron chi connectivity index (χ0n) is 16.2. The maximum Gasteiger partial charge on any atom is 0.274 e. The highest BCUT2D eigenvalue weighted by molar-refractivity contribution is 5.92. The van der Waals surface area contributed by atoms with Crippen LogP contribution >= 0.6 is 0 Å². The van der Waals surface area contributed by atoms with Crippen molar-refractivity contribution in [3.05, 3.63) is 41.2 Å². The SMILES string of the molecule is COCCOCc1cnc(C)nc1C1CCCN(C(=O)c2ccn(C)n2)C1. The van der Waals surface area contributed by atoms with Crippen molar-refractivity contribution in [3.63, 3.8) is 0 Å². The first-order valence-electron chi connectivity index (χ1n) is 9.26. The number of hydrogen-bond donors (Lipinski definition) is 0. The number of methoxy groups -OCH3 is 1. The molecule has 1 aliphatic heterocycles. The van der Waals surface area contributed by atoms with E-state index in [-0.39, 0.29) is 11.8 Å². The summed E-state index contributed by atoms with van der Waals surface area (Å²) in [6, 6.07) is 1.76. The summed E-state index contributed by atoms with van der Waals surface area (Å²) in [5.41, 5.74) is 2.45. The molecule has 146 valence electrons. The largest absolute Gasteiger partial charge is 0.382 e. The Labute approximate surface area is 159 Å². The Morgan fingerprint density at radius 1 is 1.37 bits per heavy atom. The lowest BCUT2D eigenvalue weighted by atomic mass is 9.92. The van der Waals surface area contributed by atoms with Crippen LogP contribution in [0.4, 0.5) is 0 Å². The highest BCUT2D eigenvalue weighted by Crippen LogP contribution is 2.29. The van der Waals surface area contributed by atoms with Crippen LogP contribution < -0.4 is 0 Å². The lowest BCUT2D eigenvalue weighted by molar-refractivity contribution is 0.0602. The number of carbonyl (C=O) groups is 1. The molecule has 0 aliphatic carbocycles. The molecule has 1 amide bonds. The minimum atomic E-state index is -0.0241. The Hall–Kier alpha value is -2.32. The maximum atomic E-state index is 12.8. The van der Waals surface area contributed by atoms with Gasteiger partial charge in [-0.1, -0.05) is 0 Å². The van der Waals surface area contributed by atoms with Gasteiger partial charge in [0.05, 0.1) is 25.5 Å². The van der Waals surface area contributed by atoms with E-state index in [1.54, 1.807) is 24.1 Å². The van der Waals surface area contributed by atoms with E-state index in [1.807, 2.05) is 25.1 Å². The van der Waals surface area contributed by atoms with Crippen molar-refractivity contribution in [2.45, 2.75) is 32.3 Å². The molecule has 0 spiro atoms. The third-order valence-electron chi connectivity index (χ3n) is 4.74. The summed E-state index contributed by atoms with van der Waals surface area (Å²) in [6.07, 6.45) is 5.56. The summed E-state index contributed by atoms with van der Waals surface area (Å²) in [4.78, 5) is 23.7. The number of piperidine rings is 1. The second kappa shape index (κ2) is 9.05. The van der Waals surface area contributed by atoms with Crippen molar-refractivity contribution in [1.82, 2.24) is 24.6 Å². The highest BCUT2D eigenvalue weighted by atomic mass is 16.5. The zero-order valence-corrected chi connectivity index (χ0v) is 16.2. The summed E-state index contributed by atoms with van der Waals surface area (Å²) < 4.78 is 12.4. The quantitative estimate of drug-likeness (QED) is 0.687. The van der Waals surface area contributed by atoms with Crippen LogP contribution in [0.1, 0.15) is 46.3 Å². The Balaban J connectivity index is 1.73. The molecular formula is C19H27N5O3. The van der Waals surface area contributed by atoms with Crippen LogP contribution in [0.25, 0.3) is 0 Å². The summed E-state index contributed by atoms with van der Waals surface area (Å²) in [5.74, 6) is 0.886. The number of hydrogen-bond acceptors (Lipinski definition) is 6. The third-order valence-corrected chi connectivity index (χ3v) is 4.74. The molecule has 1 saturated heterocycles. The normalized spacial score (nSPS) is 17.3. The van der Waals surface area contributed by atoms with Crippen molar-refractivity contribution >= 4 is 5.91 Å². The molecule has 2 aromatic rings. The molecule has 0 radical (unpaired) electrons. The van der Waals surface area contributed by atoms with Gasteiger partial charge in [-0.05, 0) is 25.8 Å². The molecule has 1 atom stereocenters. The summed E-state index contributed by atoms with van der Waals surface area (Å²) in [7, 11) is 3.47. The van der Waals surface area contributed by atoms with Crippen molar-refractivity contribution in [1.29, 1.82) is 0 Å². The van der Waals surface area contributed by atoms with Crippen LogP contribution in [0, 0.1) is 6.92 Å². The molecule has 1 fully saturated rings. The molecule has 0 aromatic carbocycles. The number of carbonyl (C=O) groups excluding carboxylic acids is 1. The molecule has 3 rings (SSSR count). The van der Waals surface area contributed by atoms with Gasteiger partial charge in [0.2, 0.25) is 0 Å². The number of amides is 1. The Bertz CT molecular complexity index is 776. The lowest BCUT2D eigenvalue weighted by Crippen LogP contribution is -2.39. The van der Waals surface area contributed by atoms with Crippen LogP contribution in [-0.4, -0.2) is 64.0 Å². The fraction of sp³-hybridized carbons (Fsp3) is 0.579. The minimum Gasteiger partial charge on any atom is -0.382 e. The molecule has 8 heteroatoms. The van der Waals surface area contributed by atoms with Crippen molar-refractivity contribution in [2.75, 3.05) is 33.4 Å². The van der Waals surface area contributed by atoms with Crippen LogP contribution in [0.3, 0.4) is 0 Å². The van der Waals surface area contributed by atoms with E-state index in [9.17, 15) is 4.79 Å². The smallest absolute Gasteiger partial charge is 0.274 e. The number of aromatic nitrogens is 4. The van der Waals surface area contributed by atoms with Crippen molar-refractivity contribution in [2.24, 2.45) is 7.05 Å². The fourth-order valence-corrected chi connectivity index (χ4v) is 3.38. The van der Waals surface area contributed by atoms with E-state index in [4.69, 9.17) is 9.47 Å². The molecule has 8 nitrogen and oxygen atoms in total. The molecule has 0 N–H and O–H groups in total. The first-order chi connectivity index (χ1) is 13.1. The van der Waals surface area contributed by atoms with E-state index in [0.29, 0.717) is 32.1 Å². The Morgan fingerprint density at radius 2 is 2.22 bits per heavy atom. The van der Waals surface area contributed by atoms with Gasteiger partial charge in [-0.2, -0.15) is 5.10 Å². The third kappa shape index (κ3) is 4.90. The van der Waals surface area contributed by atoms with Gasteiger partial charge in [-0.25, -0.2) is 9.97 Å². The average molecular weight is 373 g/mol. The topological polar surface area (TPSA) is 82.4 Å². The second-order valence-electron chi connectivity index (χ2n) is 6.84. The Morgan fingerprint density at radius 3 is 2.96 bits per heavy atom. The van der Waals surface area contributed by atoms with Crippen molar-refractivity contribution < 1.29 is 14.3 Å². The van der Waals surface area contributed by atoms with Gasteiger partial charge < -0.3 is 14.4 Å². The van der Waals surface area contributed by atoms with Gasteiger partial charge in [-0.15, -0.1) is 0 Å². The first-order valence-corrected chi connectivity index (χ1v) is 9.26. The monoisotopic (exact) mass is 373 g/mol. The van der Waals surface area contributed by atoms with E-state index < -0.39 is 0 Å². The van der Waals surface area contributed by atoms with Gasteiger partial charge in [0.1, 0.15) is 11.5 Å². The first kappa shape index (κ1) is 19.4. The number of likely N-dealkylation sites (tertiary alicyclic amines) is 1. The second-order valence-corrected chi connectivity index (χ2v) is 6.84. The summed E-state index contributed by atoms with van der Waals surface area (Å²) in [5, 5.41) is 4.24. The summed E-state index contributed by atoms with van der Waals surface area (Å²) >= 11 is 0. The number of ether oxygens (including phenoxy) is 2. The maximum absolute atomic E-state index is 12.8. The van der Waals surface area contributed by atoms with Crippen LogP contribution in [0.15, 0.2) is 18.5 Å². The number of rotatable bonds is 7. The van der Waals surface area contributed by atoms with E-state index in [0.717, 1.165) is 36.5 Å². The predicted octanol–water partition coefficient (Wildman–Crippen LogP) is 1.70. The van der Waals surface area contributed by atoms with E-state index in [1.165, 1.54) is 0 Å². The average Bonchev–Trinajstić information content (AvgIpc) is 3.12. The van der Waals surface area contributed by atoms with Crippen LogP contribution in [0.2, 0.25) is 0 Å². The molecular weight excluding hydrogens is 346 g/mol. The van der Waals surface area contributed by atoms with E-state index >= 15 is 0 Å². The number of aryl methyl sites for hydroxylation is 2. The molecule has 1 unspecified atom stereocenters. The zero-order chi connectivity index (χ0) is 19.2. The fourth-order valence-electron chi connectivity index (χ4n) is 3.38. The van der Waals surface area contributed by atoms with Crippen LogP contribution in [0.5, 0.6) is 0 Å². The molecule has 2 aromatic heterocycles. The van der Waals surface area contributed by atoms with E-state index in [2.05, 4.69) is 15.1 Å².